The average Bonchev–Trinajstić information content (AvgIpc) is 2.53. The SMILES string of the molecule is COc1cc(CCl)ccc1OCCOc1ccc(Br)cc1. The highest BCUT2D eigenvalue weighted by Crippen LogP contribution is 2.28. The van der Waals surface area contributed by atoms with Crippen LogP contribution in [-0.2, 0) is 5.88 Å². The molecule has 0 aliphatic rings. The van der Waals surface area contributed by atoms with Crippen LogP contribution < -0.4 is 14.2 Å². The summed E-state index contributed by atoms with van der Waals surface area (Å²) >= 11 is 9.18. The van der Waals surface area contributed by atoms with E-state index in [9.17, 15) is 0 Å². The summed E-state index contributed by atoms with van der Waals surface area (Å²) in [5.41, 5.74) is 0.993. The van der Waals surface area contributed by atoms with E-state index in [-0.39, 0.29) is 0 Å². The number of alkyl halides is 1. The van der Waals surface area contributed by atoms with E-state index in [0.717, 1.165) is 15.8 Å². The molecule has 0 aliphatic heterocycles. The van der Waals surface area contributed by atoms with Gasteiger partial charge in [-0.15, -0.1) is 11.6 Å². The molecule has 0 spiro atoms. The lowest BCUT2D eigenvalue weighted by Crippen LogP contribution is -2.09. The second-order valence-electron chi connectivity index (χ2n) is 4.27. The summed E-state index contributed by atoms with van der Waals surface area (Å²) in [5.74, 6) is 2.62. The Morgan fingerprint density at radius 3 is 2.33 bits per heavy atom. The van der Waals surface area contributed by atoms with Crippen molar-refractivity contribution in [3.8, 4) is 17.2 Å². The van der Waals surface area contributed by atoms with Gasteiger partial charge in [0.25, 0.3) is 0 Å². The van der Waals surface area contributed by atoms with Crippen molar-refractivity contribution in [1.82, 2.24) is 0 Å². The third kappa shape index (κ3) is 4.83. The van der Waals surface area contributed by atoms with Gasteiger partial charge in [-0.1, -0.05) is 22.0 Å². The molecule has 3 nitrogen and oxygen atoms in total. The number of benzene rings is 2. The molecule has 0 saturated heterocycles. The molecule has 0 aliphatic carbocycles. The Morgan fingerprint density at radius 1 is 0.952 bits per heavy atom. The fourth-order valence-corrected chi connectivity index (χ4v) is 2.19. The lowest BCUT2D eigenvalue weighted by atomic mass is 10.2. The first-order chi connectivity index (χ1) is 10.2. The monoisotopic (exact) mass is 370 g/mol. The smallest absolute Gasteiger partial charge is 0.161 e. The number of hydrogen-bond donors (Lipinski definition) is 0. The largest absolute Gasteiger partial charge is 0.493 e. The minimum atomic E-state index is 0.437. The molecule has 2 aromatic rings. The van der Waals surface area contributed by atoms with Gasteiger partial charge >= 0.3 is 0 Å². The van der Waals surface area contributed by atoms with E-state index in [0.29, 0.717) is 30.6 Å². The summed E-state index contributed by atoms with van der Waals surface area (Å²) in [6, 6.07) is 13.3. The van der Waals surface area contributed by atoms with Crippen LogP contribution in [0, 0.1) is 0 Å². The Hall–Kier alpha value is -1.39. The highest BCUT2D eigenvalue weighted by atomic mass is 79.9. The van der Waals surface area contributed by atoms with Gasteiger partial charge in [0, 0.05) is 10.4 Å². The zero-order valence-electron chi connectivity index (χ0n) is 11.6. The standard InChI is InChI=1S/C16H16BrClO3/c1-19-16-10-12(11-18)2-7-15(16)21-9-8-20-14-5-3-13(17)4-6-14/h2-7,10H,8-9,11H2,1H3. The highest BCUT2D eigenvalue weighted by molar-refractivity contribution is 9.10. The molecule has 112 valence electrons. The number of methoxy groups -OCH3 is 1. The third-order valence-electron chi connectivity index (χ3n) is 2.81. The topological polar surface area (TPSA) is 27.7 Å². The molecule has 0 radical (unpaired) electrons. The zero-order valence-corrected chi connectivity index (χ0v) is 14.0. The predicted molar refractivity (Wildman–Crippen MR) is 87.7 cm³/mol. The molecule has 0 fully saturated rings. The molecule has 2 rings (SSSR count). The van der Waals surface area contributed by atoms with E-state index in [1.165, 1.54) is 0 Å². The van der Waals surface area contributed by atoms with Crippen molar-refractivity contribution in [2.24, 2.45) is 0 Å². The second kappa shape index (κ2) is 8.15. The molecule has 0 N–H and O–H groups in total. The van der Waals surface area contributed by atoms with Gasteiger partial charge < -0.3 is 14.2 Å². The van der Waals surface area contributed by atoms with Crippen molar-refractivity contribution in [3.05, 3.63) is 52.5 Å². The van der Waals surface area contributed by atoms with Gasteiger partial charge in [0.15, 0.2) is 11.5 Å². The van der Waals surface area contributed by atoms with Gasteiger partial charge in [0.1, 0.15) is 19.0 Å². The van der Waals surface area contributed by atoms with Crippen LogP contribution in [0.15, 0.2) is 46.9 Å². The molecular weight excluding hydrogens is 356 g/mol. The van der Waals surface area contributed by atoms with Crippen LogP contribution in [0.2, 0.25) is 0 Å². The molecule has 0 heterocycles. The van der Waals surface area contributed by atoms with Crippen LogP contribution in [0.4, 0.5) is 0 Å². The molecular formula is C16H16BrClO3. The predicted octanol–water partition coefficient (Wildman–Crippen LogP) is 4.65. The quantitative estimate of drug-likeness (QED) is 0.523. The van der Waals surface area contributed by atoms with E-state index < -0.39 is 0 Å². The number of ether oxygens (including phenoxy) is 3. The molecule has 21 heavy (non-hydrogen) atoms. The van der Waals surface area contributed by atoms with Crippen LogP contribution >= 0.6 is 27.5 Å². The van der Waals surface area contributed by atoms with Crippen LogP contribution in [-0.4, -0.2) is 20.3 Å². The first-order valence-corrected chi connectivity index (χ1v) is 7.79. The number of hydrogen-bond acceptors (Lipinski definition) is 3. The Balaban J connectivity index is 1.84. The fraction of sp³-hybridized carbons (Fsp3) is 0.250. The minimum Gasteiger partial charge on any atom is -0.493 e. The van der Waals surface area contributed by atoms with Gasteiger partial charge in [-0.25, -0.2) is 0 Å². The lowest BCUT2D eigenvalue weighted by molar-refractivity contribution is 0.211. The summed E-state index contributed by atoms with van der Waals surface area (Å²) in [6.45, 7) is 0.898. The first-order valence-electron chi connectivity index (χ1n) is 6.47. The van der Waals surface area contributed by atoms with Crippen LogP contribution in [0.1, 0.15) is 5.56 Å². The Kier molecular flexibility index (Phi) is 6.21. The molecule has 0 saturated carbocycles. The van der Waals surface area contributed by atoms with Crippen molar-refractivity contribution >= 4 is 27.5 Å². The summed E-state index contributed by atoms with van der Waals surface area (Å²) in [7, 11) is 1.61. The van der Waals surface area contributed by atoms with Crippen molar-refractivity contribution in [2.75, 3.05) is 20.3 Å². The fourth-order valence-electron chi connectivity index (χ4n) is 1.76. The van der Waals surface area contributed by atoms with E-state index in [1.807, 2.05) is 42.5 Å². The van der Waals surface area contributed by atoms with Crippen LogP contribution in [0.5, 0.6) is 17.2 Å². The van der Waals surface area contributed by atoms with E-state index in [4.69, 9.17) is 25.8 Å². The van der Waals surface area contributed by atoms with Gasteiger partial charge in [-0.2, -0.15) is 0 Å². The van der Waals surface area contributed by atoms with Gasteiger partial charge in [-0.3, -0.25) is 0 Å². The van der Waals surface area contributed by atoms with E-state index in [2.05, 4.69) is 15.9 Å². The molecule has 5 heteroatoms. The summed E-state index contributed by atoms with van der Waals surface area (Å²) in [4.78, 5) is 0. The molecule has 2 aromatic carbocycles. The third-order valence-corrected chi connectivity index (χ3v) is 3.64. The molecule has 0 aromatic heterocycles. The van der Waals surface area contributed by atoms with E-state index in [1.54, 1.807) is 7.11 Å². The van der Waals surface area contributed by atoms with Gasteiger partial charge in [-0.05, 0) is 42.0 Å². The maximum Gasteiger partial charge on any atom is 0.161 e. The molecule has 0 unspecified atom stereocenters. The van der Waals surface area contributed by atoms with Crippen molar-refractivity contribution < 1.29 is 14.2 Å². The summed E-state index contributed by atoms with van der Waals surface area (Å²) < 4.78 is 17.6. The Labute approximate surface area is 137 Å². The van der Waals surface area contributed by atoms with Gasteiger partial charge in [0.05, 0.1) is 7.11 Å². The summed E-state index contributed by atoms with van der Waals surface area (Å²) in [6.07, 6.45) is 0. The van der Waals surface area contributed by atoms with Crippen molar-refractivity contribution in [3.63, 3.8) is 0 Å². The Bertz CT molecular complexity index is 572. The lowest BCUT2D eigenvalue weighted by Gasteiger charge is -2.12. The molecule has 0 bridgehead atoms. The maximum absolute atomic E-state index is 5.79. The number of rotatable bonds is 7. The van der Waals surface area contributed by atoms with Crippen LogP contribution in [0.25, 0.3) is 0 Å². The second-order valence-corrected chi connectivity index (χ2v) is 5.45. The van der Waals surface area contributed by atoms with Gasteiger partial charge in [0.2, 0.25) is 0 Å². The maximum atomic E-state index is 5.79. The number of halogens is 2. The normalized spacial score (nSPS) is 10.2. The minimum absolute atomic E-state index is 0.437. The van der Waals surface area contributed by atoms with Crippen molar-refractivity contribution in [1.29, 1.82) is 0 Å². The zero-order chi connectivity index (χ0) is 15.1. The molecule has 0 atom stereocenters. The first kappa shape index (κ1) is 16.0. The average molecular weight is 372 g/mol. The van der Waals surface area contributed by atoms with Crippen molar-refractivity contribution in [2.45, 2.75) is 5.88 Å². The van der Waals surface area contributed by atoms with Crippen LogP contribution in [0.3, 0.4) is 0 Å². The summed E-state index contributed by atoms with van der Waals surface area (Å²) in [5, 5.41) is 0. The molecule has 0 amide bonds. The highest BCUT2D eigenvalue weighted by Gasteiger charge is 2.05. The van der Waals surface area contributed by atoms with E-state index >= 15 is 0 Å². The Morgan fingerprint density at radius 2 is 1.67 bits per heavy atom.